The van der Waals surface area contributed by atoms with E-state index in [1.807, 2.05) is 25.1 Å². The van der Waals surface area contributed by atoms with Gasteiger partial charge in [-0.25, -0.2) is 4.79 Å². The van der Waals surface area contributed by atoms with Crippen LogP contribution < -0.4 is 10.1 Å². The summed E-state index contributed by atoms with van der Waals surface area (Å²) in [6.45, 7) is 4.49. The van der Waals surface area contributed by atoms with Crippen molar-refractivity contribution in [3.05, 3.63) is 29.3 Å². The van der Waals surface area contributed by atoms with Crippen molar-refractivity contribution in [1.29, 1.82) is 0 Å². The van der Waals surface area contributed by atoms with Crippen LogP contribution in [0.1, 0.15) is 36.8 Å². The van der Waals surface area contributed by atoms with Gasteiger partial charge in [-0.1, -0.05) is 12.1 Å². The number of carboxylic acids is 1. The lowest BCUT2D eigenvalue weighted by Crippen LogP contribution is -2.46. The van der Waals surface area contributed by atoms with Crippen molar-refractivity contribution in [2.45, 2.75) is 45.3 Å². The quantitative estimate of drug-likeness (QED) is 0.797. The van der Waals surface area contributed by atoms with E-state index in [0.717, 1.165) is 36.3 Å². The zero-order valence-corrected chi connectivity index (χ0v) is 15.8. The van der Waals surface area contributed by atoms with Crippen LogP contribution in [0.15, 0.2) is 18.2 Å². The third kappa shape index (κ3) is 5.35. The van der Waals surface area contributed by atoms with Crippen LogP contribution in [0.3, 0.4) is 0 Å². The van der Waals surface area contributed by atoms with Crippen LogP contribution in [-0.2, 0) is 16.1 Å². The molecule has 2 fully saturated rings. The first kappa shape index (κ1) is 19.5. The second-order valence-corrected chi connectivity index (χ2v) is 7.34. The number of rotatable bonds is 6. The van der Waals surface area contributed by atoms with Gasteiger partial charge in [0.1, 0.15) is 12.4 Å². The molecule has 0 saturated carbocycles. The zero-order valence-electron chi connectivity index (χ0n) is 15.8. The molecular formula is C20H28N2O5. The van der Waals surface area contributed by atoms with E-state index in [-0.39, 0.29) is 18.7 Å². The molecule has 0 spiro atoms. The maximum absolute atomic E-state index is 12.4. The molecule has 2 atom stereocenters. The number of carboxylic acid groups (broad SMARTS) is 1. The van der Waals surface area contributed by atoms with Crippen LogP contribution in [0.4, 0.5) is 4.79 Å². The molecule has 2 aliphatic heterocycles. The SMILES string of the molecule is Cc1ccc(CNC(=O)N2CCCC(C(=O)O)C2)c(OCC2CCCO2)c1. The van der Waals surface area contributed by atoms with Gasteiger partial charge in [0.2, 0.25) is 0 Å². The summed E-state index contributed by atoms with van der Waals surface area (Å²) in [5, 5.41) is 12.1. The number of aliphatic carboxylic acids is 1. The Kier molecular flexibility index (Phi) is 6.55. The van der Waals surface area contributed by atoms with E-state index in [0.29, 0.717) is 32.5 Å². The van der Waals surface area contributed by atoms with Crippen LogP contribution in [0, 0.1) is 12.8 Å². The van der Waals surface area contributed by atoms with Gasteiger partial charge in [0.25, 0.3) is 0 Å². The van der Waals surface area contributed by atoms with Crippen molar-refractivity contribution in [1.82, 2.24) is 10.2 Å². The van der Waals surface area contributed by atoms with E-state index in [1.165, 1.54) is 0 Å². The fourth-order valence-corrected chi connectivity index (χ4v) is 3.55. The predicted octanol–water partition coefficient (Wildman–Crippen LogP) is 2.56. The molecule has 2 unspecified atom stereocenters. The van der Waals surface area contributed by atoms with Crippen LogP contribution in [0.5, 0.6) is 5.75 Å². The molecule has 2 amide bonds. The molecule has 0 aromatic heterocycles. The fraction of sp³-hybridized carbons (Fsp3) is 0.600. The Labute approximate surface area is 159 Å². The molecule has 7 heteroatoms. The highest BCUT2D eigenvalue weighted by Gasteiger charge is 2.28. The Bertz CT molecular complexity index is 672. The van der Waals surface area contributed by atoms with Gasteiger partial charge in [-0.15, -0.1) is 0 Å². The predicted molar refractivity (Wildman–Crippen MR) is 99.8 cm³/mol. The molecule has 1 aromatic carbocycles. The second-order valence-electron chi connectivity index (χ2n) is 7.34. The minimum absolute atomic E-state index is 0.134. The van der Waals surface area contributed by atoms with Gasteiger partial charge < -0.3 is 24.8 Å². The van der Waals surface area contributed by atoms with Gasteiger partial charge in [-0.3, -0.25) is 4.79 Å². The summed E-state index contributed by atoms with van der Waals surface area (Å²) < 4.78 is 11.6. The monoisotopic (exact) mass is 376 g/mol. The van der Waals surface area contributed by atoms with Crippen molar-refractivity contribution < 1.29 is 24.2 Å². The lowest BCUT2D eigenvalue weighted by molar-refractivity contribution is -0.143. The topological polar surface area (TPSA) is 88.1 Å². The number of benzene rings is 1. The maximum Gasteiger partial charge on any atom is 0.317 e. The number of carbonyl (C=O) groups is 2. The number of amides is 2. The lowest BCUT2D eigenvalue weighted by Gasteiger charge is -2.30. The standard InChI is InChI=1S/C20H28N2O5/c1-14-6-7-15(18(10-14)27-13-17-5-3-9-26-17)11-21-20(25)22-8-2-4-16(12-22)19(23)24/h6-7,10,16-17H,2-5,8-9,11-13H2,1H3,(H,21,25)(H,23,24). The average molecular weight is 376 g/mol. The zero-order chi connectivity index (χ0) is 19.2. The summed E-state index contributed by atoms with van der Waals surface area (Å²) in [5.74, 6) is -0.558. The Morgan fingerprint density at radius 1 is 1.33 bits per heavy atom. The highest BCUT2D eigenvalue weighted by atomic mass is 16.5. The summed E-state index contributed by atoms with van der Waals surface area (Å²) in [7, 11) is 0. The molecular weight excluding hydrogens is 348 g/mol. The number of hydrogen-bond donors (Lipinski definition) is 2. The van der Waals surface area contributed by atoms with Crippen molar-refractivity contribution >= 4 is 12.0 Å². The first-order chi connectivity index (χ1) is 13.0. The van der Waals surface area contributed by atoms with E-state index in [1.54, 1.807) is 4.90 Å². The number of ether oxygens (including phenoxy) is 2. The molecule has 0 radical (unpaired) electrons. The van der Waals surface area contributed by atoms with Gasteiger partial charge in [0, 0.05) is 31.8 Å². The summed E-state index contributed by atoms with van der Waals surface area (Å²) in [6, 6.07) is 5.68. The molecule has 2 saturated heterocycles. The molecule has 148 valence electrons. The smallest absolute Gasteiger partial charge is 0.317 e. The Hall–Kier alpha value is -2.28. The number of nitrogens with zero attached hydrogens (tertiary/aromatic N) is 1. The first-order valence-electron chi connectivity index (χ1n) is 9.62. The maximum atomic E-state index is 12.4. The summed E-state index contributed by atoms with van der Waals surface area (Å²) in [6.07, 6.45) is 3.55. The molecule has 2 heterocycles. The average Bonchev–Trinajstić information content (AvgIpc) is 3.19. The molecule has 0 aliphatic carbocycles. The summed E-state index contributed by atoms with van der Waals surface area (Å²) >= 11 is 0. The summed E-state index contributed by atoms with van der Waals surface area (Å²) in [5.41, 5.74) is 1.99. The van der Waals surface area contributed by atoms with Gasteiger partial charge in [-0.2, -0.15) is 0 Å². The van der Waals surface area contributed by atoms with Crippen molar-refractivity contribution in [3.63, 3.8) is 0 Å². The van der Waals surface area contributed by atoms with Gasteiger partial charge in [0.05, 0.1) is 12.0 Å². The Balaban J connectivity index is 1.56. The minimum atomic E-state index is -0.837. The minimum Gasteiger partial charge on any atom is -0.491 e. The summed E-state index contributed by atoms with van der Waals surface area (Å²) in [4.78, 5) is 25.2. The van der Waals surface area contributed by atoms with Crippen LogP contribution in [0.2, 0.25) is 0 Å². The molecule has 2 aliphatic rings. The Morgan fingerprint density at radius 2 is 2.19 bits per heavy atom. The van der Waals surface area contributed by atoms with Crippen molar-refractivity contribution in [2.24, 2.45) is 5.92 Å². The molecule has 27 heavy (non-hydrogen) atoms. The lowest BCUT2D eigenvalue weighted by atomic mass is 9.99. The number of piperidine rings is 1. The van der Waals surface area contributed by atoms with Crippen molar-refractivity contribution in [3.8, 4) is 5.75 Å². The number of nitrogens with one attached hydrogen (secondary N) is 1. The van der Waals surface area contributed by atoms with E-state index in [9.17, 15) is 14.7 Å². The van der Waals surface area contributed by atoms with E-state index < -0.39 is 11.9 Å². The van der Waals surface area contributed by atoms with Crippen LogP contribution in [-0.4, -0.2) is 54.4 Å². The number of likely N-dealkylation sites (tertiary alicyclic amines) is 1. The van der Waals surface area contributed by atoms with E-state index >= 15 is 0 Å². The molecule has 1 aromatic rings. The first-order valence-corrected chi connectivity index (χ1v) is 9.62. The van der Waals surface area contributed by atoms with Crippen molar-refractivity contribution in [2.75, 3.05) is 26.3 Å². The normalized spacial score (nSPS) is 22.5. The van der Waals surface area contributed by atoms with Crippen LogP contribution >= 0.6 is 0 Å². The highest BCUT2D eigenvalue weighted by molar-refractivity contribution is 5.76. The number of carbonyl (C=O) groups excluding carboxylic acids is 1. The van der Waals surface area contributed by atoms with Crippen LogP contribution in [0.25, 0.3) is 0 Å². The highest BCUT2D eigenvalue weighted by Crippen LogP contribution is 2.23. The third-order valence-electron chi connectivity index (χ3n) is 5.16. The largest absolute Gasteiger partial charge is 0.491 e. The fourth-order valence-electron chi connectivity index (χ4n) is 3.55. The molecule has 2 N–H and O–H groups in total. The molecule has 0 bridgehead atoms. The van der Waals surface area contributed by atoms with Gasteiger partial charge in [0.15, 0.2) is 0 Å². The second kappa shape index (κ2) is 9.08. The molecule has 7 nitrogen and oxygen atoms in total. The number of urea groups is 1. The van der Waals surface area contributed by atoms with E-state index in [4.69, 9.17) is 9.47 Å². The molecule has 3 rings (SSSR count). The Morgan fingerprint density at radius 3 is 2.93 bits per heavy atom. The van der Waals surface area contributed by atoms with Gasteiger partial charge >= 0.3 is 12.0 Å². The van der Waals surface area contributed by atoms with Gasteiger partial charge in [-0.05, 0) is 44.2 Å². The number of hydrogen-bond acceptors (Lipinski definition) is 4. The number of aryl methyl sites for hydroxylation is 1. The third-order valence-corrected chi connectivity index (χ3v) is 5.16. The van der Waals surface area contributed by atoms with E-state index in [2.05, 4.69) is 5.32 Å².